The number of anilines is 2. The average Bonchev–Trinajstić information content (AvgIpc) is 2.83. The highest BCUT2D eigenvalue weighted by molar-refractivity contribution is 7.16. The van der Waals surface area contributed by atoms with Crippen molar-refractivity contribution in [2.24, 2.45) is 0 Å². The zero-order valence-corrected chi connectivity index (χ0v) is 12.9. The quantitative estimate of drug-likeness (QED) is 0.916. The molecular formula is C16H19N3OS. The van der Waals surface area contributed by atoms with Crippen LogP contribution in [0.1, 0.15) is 27.7 Å². The summed E-state index contributed by atoms with van der Waals surface area (Å²) in [7, 11) is 0. The Labute approximate surface area is 128 Å². The molecule has 4 nitrogen and oxygen atoms in total. The predicted molar refractivity (Wildman–Crippen MR) is 87.8 cm³/mol. The summed E-state index contributed by atoms with van der Waals surface area (Å²) in [5, 5.41) is 3.57. The summed E-state index contributed by atoms with van der Waals surface area (Å²) >= 11 is 1.55. The number of benzene rings is 1. The van der Waals surface area contributed by atoms with E-state index in [-0.39, 0.29) is 5.91 Å². The first-order valence-electron chi connectivity index (χ1n) is 7.17. The van der Waals surface area contributed by atoms with Crippen molar-refractivity contribution in [3.8, 4) is 0 Å². The van der Waals surface area contributed by atoms with Crippen LogP contribution in [0.25, 0.3) is 0 Å². The smallest absolute Gasteiger partial charge is 0.258 e. The lowest BCUT2D eigenvalue weighted by atomic mass is 10.0. The number of nitrogens with zero attached hydrogens (tertiary/aromatic N) is 1. The Bertz CT molecular complexity index is 651. The largest absolute Gasteiger partial charge is 0.390 e. The van der Waals surface area contributed by atoms with Crippen molar-refractivity contribution in [3.05, 3.63) is 46.3 Å². The third-order valence-corrected chi connectivity index (χ3v) is 4.92. The Balaban J connectivity index is 1.86. The molecule has 2 aromatic rings. The molecule has 1 aliphatic heterocycles. The summed E-state index contributed by atoms with van der Waals surface area (Å²) in [4.78, 5) is 16.1. The maximum absolute atomic E-state index is 12.5. The predicted octanol–water partition coefficient (Wildman–Crippen LogP) is 2.96. The molecule has 0 fully saturated rings. The highest BCUT2D eigenvalue weighted by Crippen LogP contribution is 2.35. The number of amides is 1. The van der Waals surface area contributed by atoms with E-state index in [1.54, 1.807) is 11.3 Å². The molecule has 0 saturated heterocycles. The minimum Gasteiger partial charge on any atom is -0.390 e. The molecule has 1 amide bonds. The number of likely N-dealkylation sites (N-methyl/N-ethyl adjacent to an activating group) is 1. The molecule has 0 bridgehead atoms. The van der Waals surface area contributed by atoms with E-state index < -0.39 is 0 Å². The lowest BCUT2D eigenvalue weighted by Crippen LogP contribution is -2.30. The van der Waals surface area contributed by atoms with E-state index in [1.165, 1.54) is 4.88 Å². The Morgan fingerprint density at radius 1 is 1.38 bits per heavy atom. The molecule has 110 valence electrons. The van der Waals surface area contributed by atoms with Gasteiger partial charge in [0.2, 0.25) is 0 Å². The fourth-order valence-corrected chi connectivity index (χ4v) is 3.87. The first kappa shape index (κ1) is 14.1. The molecule has 0 saturated carbocycles. The number of fused-ring (bicyclic) bond motifs is 1. The second-order valence-corrected chi connectivity index (χ2v) is 6.32. The lowest BCUT2D eigenvalue weighted by Gasteiger charge is -2.25. The average molecular weight is 301 g/mol. The van der Waals surface area contributed by atoms with Crippen LogP contribution in [0.2, 0.25) is 0 Å². The normalized spacial score (nSPS) is 14.7. The van der Waals surface area contributed by atoms with Gasteiger partial charge in [-0.15, -0.1) is 11.3 Å². The van der Waals surface area contributed by atoms with Gasteiger partial charge >= 0.3 is 0 Å². The van der Waals surface area contributed by atoms with E-state index >= 15 is 0 Å². The van der Waals surface area contributed by atoms with Crippen LogP contribution in [0.3, 0.4) is 0 Å². The van der Waals surface area contributed by atoms with Crippen molar-refractivity contribution in [2.75, 3.05) is 24.1 Å². The summed E-state index contributed by atoms with van der Waals surface area (Å²) in [6.45, 7) is 5.08. The molecule has 1 aliphatic rings. The van der Waals surface area contributed by atoms with Gasteiger partial charge in [-0.05, 0) is 30.7 Å². The zero-order chi connectivity index (χ0) is 14.8. The Morgan fingerprint density at radius 3 is 2.86 bits per heavy atom. The second-order valence-electron chi connectivity index (χ2n) is 5.18. The number of rotatable bonds is 3. The number of carbonyl (C=O) groups is 1. The van der Waals surface area contributed by atoms with Crippen LogP contribution in [0.15, 0.2) is 30.3 Å². The van der Waals surface area contributed by atoms with Crippen molar-refractivity contribution in [1.29, 1.82) is 0 Å². The zero-order valence-electron chi connectivity index (χ0n) is 12.1. The van der Waals surface area contributed by atoms with E-state index in [2.05, 4.69) is 17.1 Å². The van der Waals surface area contributed by atoms with E-state index in [4.69, 9.17) is 5.73 Å². The third-order valence-electron chi connectivity index (χ3n) is 3.87. The maximum Gasteiger partial charge on any atom is 0.258 e. The van der Waals surface area contributed by atoms with Crippen molar-refractivity contribution < 1.29 is 4.79 Å². The van der Waals surface area contributed by atoms with Crippen LogP contribution in [0.5, 0.6) is 0 Å². The highest BCUT2D eigenvalue weighted by atomic mass is 32.1. The number of nitrogens with one attached hydrogen (secondary N) is 1. The Hall–Kier alpha value is -1.85. The van der Waals surface area contributed by atoms with Crippen molar-refractivity contribution >= 4 is 27.9 Å². The number of nitrogens with two attached hydrogens (primary N) is 1. The standard InChI is InChI=1S/C16H19N3OS/c1-2-19-9-8-12-13(10-19)21-15(17)14(12)16(20)18-11-6-4-3-5-7-11/h3-7H,2,8-10,17H2,1H3,(H,18,20). The van der Waals surface area contributed by atoms with Crippen LogP contribution < -0.4 is 11.1 Å². The van der Waals surface area contributed by atoms with Crippen LogP contribution in [0, 0.1) is 0 Å². The molecule has 0 unspecified atom stereocenters. The summed E-state index contributed by atoms with van der Waals surface area (Å²) in [6, 6.07) is 9.50. The topological polar surface area (TPSA) is 58.4 Å². The van der Waals surface area contributed by atoms with Crippen LogP contribution in [-0.4, -0.2) is 23.9 Å². The molecular weight excluding hydrogens is 282 g/mol. The minimum atomic E-state index is -0.0962. The summed E-state index contributed by atoms with van der Waals surface area (Å²) < 4.78 is 0. The SMILES string of the molecule is CCN1CCc2c(sc(N)c2C(=O)Nc2ccccc2)C1. The Kier molecular flexibility index (Phi) is 3.94. The van der Waals surface area contributed by atoms with Gasteiger partial charge in [0.15, 0.2) is 0 Å². The van der Waals surface area contributed by atoms with Crippen LogP contribution in [-0.2, 0) is 13.0 Å². The molecule has 0 atom stereocenters. The molecule has 21 heavy (non-hydrogen) atoms. The fourth-order valence-electron chi connectivity index (χ4n) is 2.71. The molecule has 0 radical (unpaired) electrons. The van der Waals surface area contributed by atoms with E-state index in [9.17, 15) is 4.79 Å². The summed E-state index contributed by atoms with van der Waals surface area (Å²) in [5.41, 5.74) is 8.71. The number of para-hydroxylation sites is 1. The van der Waals surface area contributed by atoms with Gasteiger partial charge in [0, 0.05) is 23.7 Å². The first-order chi connectivity index (χ1) is 10.2. The molecule has 0 aliphatic carbocycles. The molecule has 5 heteroatoms. The third kappa shape index (κ3) is 2.80. The molecule has 0 spiro atoms. The van der Waals surface area contributed by atoms with Gasteiger partial charge in [-0.1, -0.05) is 25.1 Å². The van der Waals surface area contributed by atoms with Gasteiger partial charge in [0.25, 0.3) is 5.91 Å². The van der Waals surface area contributed by atoms with Crippen molar-refractivity contribution in [2.45, 2.75) is 19.9 Å². The van der Waals surface area contributed by atoms with E-state index in [0.717, 1.165) is 37.3 Å². The van der Waals surface area contributed by atoms with Crippen LogP contribution >= 0.6 is 11.3 Å². The van der Waals surface area contributed by atoms with Crippen LogP contribution in [0.4, 0.5) is 10.7 Å². The van der Waals surface area contributed by atoms with Crippen molar-refractivity contribution in [3.63, 3.8) is 0 Å². The van der Waals surface area contributed by atoms with E-state index in [0.29, 0.717) is 10.6 Å². The number of hydrogen-bond acceptors (Lipinski definition) is 4. The maximum atomic E-state index is 12.5. The van der Waals surface area contributed by atoms with Gasteiger partial charge < -0.3 is 11.1 Å². The molecule has 2 heterocycles. The Morgan fingerprint density at radius 2 is 2.14 bits per heavy atom. The van der Waals surface area contributed by atoms with Gasteiger partial charge in [-0.25, -0.2) is 0 Å². The number of hydrogen-bond donors (Lipinski definition) is 2. The molecule has 3 N–H and O–H groups in total. The van der Waals surface area contributed by atoms with Gasteiger partial charge in [-0.2, -0.15) is 0 Å². The van der Waals surface area contributed by atoms with Crippen molar-refractivity contribution in [1.82, 2.24) is 4.90 Å². The summed E-state index contributed by atoms with van der Waals surface area (Å²) in [6.07, 6.45) is 0.897. The number of thiophene rings is 1. The first-order valence-corrected chi connectivity index (χ1v) is 7.99. The fraction of sp³-hybridized carbons (Fsp3) is 0.312. The second kappa shape index (κ2) is 5.87. The number of nitrogen functional groups attached to an aromatic ring is 1. The minimum absolute atomic E-state index is 0.0962. The summed E-state index contributed by atoms with van der Waals surface area (Å²) in [5.74, 6) is -0.0962. The lowest BCUT2D eigenvalue weighted by molar-refractivity contribution is 0.102. The molecule has 1 aromatic carbocycles. The van der Waals surface area contributed by atoms with E-state index in [1.807, 2.05) is 30.3 Å². The van der Waals surface area contributed by atoms with Gasteiger partial charge in [-0.3, -0.25) is 9.69 Å². The van der Waals surface area contributed by atoms with Gasteiger partial charge in [0.05, 0.1) is 10.6 Å². The molecule has 3 rings (SSSR count). The highest BCUT2D eigenvalue weighted by Gasteiger charge is 2.26. The monoisotopic (exact) mass is 301 g/mol. The molecule has 1 aromatic heterocycles. The number of carbonyl (C=O) groups excluding carboxylic acids is 1. The van der Waals surface area contributed by atoms with Gasteiger partial charge in [0.1, 0.15) is 0 Å².